The molecule has 0 spiro atoms. The number of ether oxygens (including phenoxy) is 2. The summed E-state index contributed by atoms with van der Waals surface area (Å²) in [6, 6.07) is 3.99. The number of nitrogens with zero attached hydrogens (tertiary/aromatic N) is 3. The number of hydrogen-bond donors (Lipinski definition) is 2. The maximum atomic E-state index is 14.0. The van der Waals surface area contributed by atoms with Crippen LogP contribution in [0.4, 0.5) is 14.6 Å². The van der Waals surface area contributed by atoms with Crippen LogP contribution in [-0.4, -0.2) is 62.5 Å². The molecule has 3 heterocycles. The molecule has 1 aromatic carbocycles. The van der Waals surface area contributed by atoms with Crippen molar-refractivity contribution >= 4 is 17.6 Å². The Hall–Kier alpha value is -3.31. The predicted octanol–water partition coefficient (Wildman–Crippen LogP) is 3.00. The summed E-state index contributed by atoms with van der Waals surface area (Å²) in [5.41, 5.74) is -0.990. The van der Waals surface area contributed by atoms with Crippen LogP contribution in [0.3, 0.4) is 0 Å². The van der Waals surface area contributed by atoms with Crippen LogP contribution in [0.15, 0.2) is 42.3 Å². The molecule has 0 unspecified atom stereocenters. The summed E-state index contributed by atoms with van der Waals surface area (Å²) >= 11 is 0. The zero-order valence-electron chi connectivity index (χ0n) is 20.2. The highest BCUT2D eigenvalue weighted by Gasteiger charge is 2.37. The van der Waals surface area contributed by atoms with E-state index in [0.29, 0.717) is 6.61 Å². The molecule has 2 aromatic rings. The van der Waals surface area contributed by atoms with E-state index in [-0.39, 0.29) is 37.2 Å². The molecule has 36 heavy (non-hydrogen) atoms. The first-order chi connectivity index (χ1) is 17.1. The predicted molar refractivity (Wildman–Crippen MR) is 126 cm³/mol. The lowest BCUT2D eigenvalue weighted by Gasteiger charge is -2.31. The van der Waals surface area contributed by atoms with E-state index in [2.05, 4.69) is 10.4 Å². The number of benzene rings is 1. The number of carbonyl (C=O) groups excluding carboxylic acids is 2. The highest BCUT2D eigenvalue weighted by atomic mass is 19.1. The van der Waals surface area contributed by atoms with Gasteiger partial charge >= 0.3 is 0 Å². The van der Waals surface area contributed by atoms with Gasteiger partial charge in [0.2, 0.25) is 5.91 Å². The van der Waals surface area contributed by atoms with Gasteiger partial charge in [-0.3, -0.25) is 14.3 Å². The van der Waals surface area contributed by atoms with Gasteiger partial charge in [-0.2, -0.15) is 5.10 Å². The van der Waals surface area contributed by atoms with Crippen molar-refractivity contribution in [3.63, 3.8) is 0 Å². The lowest BCUT2D eigenvalue weighted by atomic mass is 10.00. The van der Waals surface area contributed by atoms with Gasteiger partial charge in [-0.1, -0.05) is 6.07 Å². The first-order valence-electron chi connectivity index (χ1n) is 11.9. The quantitative estimate of drug-likeness (QED) is 0.544. The maximum Gasteiger partial charge on any atom is 0.251 e. The molecule has 9 nitrogen and oxygen atoms in total. The fraction of sp³-hybridized carbons (Fsp3) is 0.480. The molecule has 1 fully saturated rings. The van der Waals surface area contributed by atoms with Gasteiger partial charge in [-0.15, -0.1) is 0 Å². The highest BCUT2D eigenvalue weighted by molar-refractivity contribution is 5.99. The number of rotatable bonds is 9. The zero-order chi connectivity index (χ0) is 25.9. The Balaban J connectivity index is 1.49. The van der Waals surface area contributed by atoms with E-state index < -0.39 is 40.8 Å². The van der Waals surface area contributed by atoms with Gasteiger partial charge in [0.05, 0.1) is 24.8 Å². The van der Waals surface area contributed by atoms with Crippen molar-refractivity contribution < 1.29 is 33.0 Å². The average Bonchev–Trinajstić information content (AvgIpc) is 3.39. The number of anilines is 1. The normalized spacial score (nSPS) is 19.2. The van der Waals surface area contributed by atoms with Gasteiger partial charge in [0.15, 0.2) is 23.2 Å². The van der Waals surface area contributed by atoms with Crippen LogP contribution >= 0.6 is 0 Å². The number of nitrogens with one attached hydrogen (secondary N) is 1. The number of carbonyl (C=O) groups is 2. The summed E-state index contributed by atoms with van der Waals surface area (Å²) in [6.07, 6.45) is 5.43. The van der Waals surface area contributed by atoms with Gasteiger partial charge in [-0.25, -0.2) is 8.78 Å². The van der Waals surface area contributed by atoms with Crippen LogP contribution in [0.1, 0.15) is 39.5 Å². The number of aliphatic hydroxyl groups is 1. The van der Waals surface area contributed by atoms with Crippen LogP contribution in [0.25, 0.3) is 0 Å². The molecule has 2 atom stereocenters. The summed E-state index contributed by atoms with van der Waals surface area (Å²) in [5, 5.41) is 17.0. The van der Waals surface area contributed by atoms with Crippen LogP contribution < -0.4 is 10.1 Å². The van der Waals surface area contributed by atoms with Gasteiger partial charge in [0.1, 0.15) is 11.8 Å². The van der Waals surface area contributed by atoms with Crippen molar-refractivity contribution in [3.8, 4) is 5.75 Å². The molecule has 2 aliphatic rings. The van der Waals surface area contributed by atoms with E-state index in [0.717, 1.165) is 37.5 Å². The maximum absolute atomic E-state index is 14.0. The topological polar surface area (TPSA) is 106 Å². The standard InChI is InChI=1S/C25H30F2N4O5/c1-25(2,34)15-30-10-9-21(29-30)28-24(33)20(12-16-6-3-4-11-35-16)31-14-17(13-22(31)32)36-23-18(26)7-5-8-19(23)27/h5,7-10,13,16,20,34H,3-4,6,11-12,14-15H2,1-2H3,(H,28,29,33)/t16-,20+/m1/s1. The third-order valence-electron chi connectivity index (χ3n) is 5.93. The smallest absolute Gasteiger partial charge is 0.251 e. The SMILES string of the molecule is CC(C)(O)Cn1ccc(NC(=O)[C@H](C[C@H]2CCCCO2)N2CC(Oc3c(F)cccc3F)=CC2=O)n1. The molecule has 0 saturated carbocycles. The highest BCUT2D eigenvalue weighted by Crippen LogP contribution is 2.28. The van der Waals surface area contributed by atoms with E-state index in [1.54, 1.807) is 26.1 Å². The average molecular weight is 505 g/mol. The Morgan fingerprint density at radius 3 is 2.72 bits per heavy atom. The Labute approximate surface area is 207 Å². The van der Waals surface area contributed by atoms with E-state index in [9.17, 15) is 23.5 Å². The summed E-state index contributed by atoms with van der Waals surface area (Å²) in [7, 11) is 0. The molecule has 11 heteroatoms. The first kappa shape index (κ1) is 25.8. The summed E-state index contributed by atoms with van der Waals surface area (Å²) in [5.74, 6) is -3.08. The monoisotopic (exact) mass is 504 g/mol. The molecule has 0 aliphatic carbocycles. The summed E-state index contributed by atoms with van der Waals surface area (Å²) < 4.78 is 40.8. The van der Waals surface area contributed by atoms with Crippen LogP contribution in [0, 0.1) is 11.6 Å². The van der Waals surface area contributed by atoms with Crippen LogP contribution in [0.5, 0.6) is 5.75 Å². The number of hydrogen-bond acceptors (Lipinski definition) is 6. The first-order valence-corrected chi connectivity index (χ1v) is 11.9. The lowest BCUT2D eigenvalue weighted by molar-refractivity contribution is -0.135. The number of amides is 2. The van der Waals surface area contributed by atoms with Crippen LogP contribution in [-0.2, 0) is 20.9 Å². The minimum absolute atomic E-state index is 0.0285. The molecule has 0 radical (unpaired) electrons. The Morgan fingerprint density at radius 1 is 1.31 bits per heavy atom. The molecular formula is C25H30F2N4O5. The molecule has 194 valence electrons. The fourth-order valence-electron chi connectivity index (χ4n) is 4.29. The number of aromatic nitrogens is 2. The van der Waals surface area contributed by atoms with Gasteiger partial charge in [-0.05, 0) is 45.2 Å². The molecule has 4 rings (SSSR count). The molecular weight excluding hydrogens is 474 g/mol. The van der Waals surface area contributed by atoms with E-state index in [1.165, 1.54) is 15.6 Å². The minimum atomic E-state index is -0.990. The second-order valence-corrected chi connectivity index (χ2v) is 9.67. The van der Waals surface area contributed by atoms with E-state index in [1.807, 2.05) is 0 Å². The Bertz CT molecular complexity index is 1120. The second-order valence-electron chi connectivity index (χ2n) is 9.67. The summed E-state index contributed by atoms with van der Waals surface area (Å²) in [6.45, 7) is 3.96. The van der Waals surface area contributed by atoms with Crippen molar-refractivity contribution in [2.24, 2.45) is 0 Å². The molecule has 2 aliphatic heterocycles. The Morgan fingerprint density at radius 2 is 2.06 bits per heavy atom. The number of halogens is 2. The molecule has 1 aromatic heterocycles. The number of para-hydroxylation sites is 1. The molecule has 2 amide bonds. The zero-order valence-corrected chi connectivity index (χ0v) is 20.2. The fourth-order valence-corrected chi connectivity index (χ4v) is 4.29. The molecule has 0 bridgehead atoms. The second kappa shape index (κ2) is 10.8. The largest absolute Gasteiger partial charge is 0.453 e. The third kappa shape index (κ3) is 6.46. The minimum Gasteiger partial charge on any atom is -0.453 e. The van der Waals surface area contributed by atoms with Crippen LogP contribution in [0.2, 0.25) is 0 Å². The third-order valence-corrected chi connectivity index (χ3v) is 5.93. The van der Waals surface area contributed by atoms with Gasteiger partial charge in [0.25, 0.3) is 5.91 Å². The van der Waals surface area contributed by atoms with Crippen molar-refractivity contribution in [1.82, 2.24) is 14.7 Å². The molecule has 2 N–H and O–H groups in total. The Kier molecular flexibility index (Phi) is 7.70. The van der Waals surface area contributed by atoms with Gasteiger partial charge in [0, 0.05) is 31.4 Å². The molecule has 1 saturated heterocycles. The lowest BCUT2D eigenvalue weighted by Crippen LogP contribution is -2.48. The summed E-state index contributed by atoms with van der Waals surface area (Å²) in [4.78, 5) is 27.5. The van der Waals surface area contributed by atoms with Crippen molar-refractivity contribution in [1.29, 1.82) is 0 Å². The van der Waals surface area contributed by atoms with E-state index >= 15 is 0 Å². The van der Waals surface area contributed by atoms with Crippen molar-refractivity contribution in [3.05, 3.63) is 53.9 Å². The van der Waals surface area contributed by atoms with E-state index in [4.69, 9.17) is 9.47 Å². The van der Waals surface area contributed by atoms with Gasteiger partial charge < -0.3 is 24.8 Å². The van der Waals surface area contributed by atoms with Crippen molar-refractivity contribution in [2.45, 2.75) is 63.8 Å². The van der Waals surface area contributed by atoms with Crippen molar-refractivity contribution in [2.75, 3.05) is 18.5 Å².